The lowest BCUT2D eigenvalue weighted by molar-refractivity contribution is 0.237. The number of nitrogens with zero attached hydrogens (tertiary/aromatic N) is 2. The van der Waals surface area contributed by atoms with Crippen LogP contribution in [0.25, 0.3) is 0 Å². The minimum Gasteiger partial charge on any atom is -0.339 e. The lowest BCUT2D eigenvalue weighted by atomic mass is 10.2. The lowest BCUT2D eigenvalue weighted by Gasteiger charge is -2.19. The van der Waals surface area contributed by atoms with Crippen molar-refractivity contribution in [1.82, 2.24) is 20.8 Å². The number of thioether (sulfide) groups is 1. The van der Waals surface area contributed by atoms with E-state index < -0.39 is 0 Å². The van der Waals surface area contributed by atoms with Crippen LogP contribution in [-0.2, 0) is 6.42 Å². The minimum atomic E-state index is -0.0700. The second-order valence-electron chi connectivity index (χ2n) is 6.02. The van der Waals surface area contributed by atoms with Gasteiger partial charge in [0, 0.05) is 30.2 Å². The van der Waals surface area contributed by atoms with E-state index >= 15 is 0 Å². The molecule has 0 radical (unpaired) electrons. The Morgan fingerprint density at radius 2 is 2.27 bits per heavy atom. The molecule has 0 aromatic carbocycles. The van der Waals surface area contributed by atoms with Crippen LogP contribution in [0.5, 0.6) is 0 Å². The van der Waals surface area contributed by atoms with Gasteiger partial charge < -0.3 is 15.2 Å². The van der Waals surface area contributed by atoms with Gasteiger partial charge in [-0.15, -0.1) is 0 Å². The summed E-state index contributed by atoms with van der Waals surface area (Å²) in [7, 11) is 0. The molecule has 1 aromatic heterocycles. The van der Waals surface area contributed by atoms with Crippen molar-refractivity contribution in [2.24, 2.45) is 0 Å². The summed E-state index contributed by atoms with van der Waals surface area (Å²) in [4.78, 5) is 16.2. The van der Waals surface area contributed by atoms with Crippen LogP contribution in [0.4, 0.5) is 4.79 Å². The van der Waals surface area contributed by atoms with Crippen LogP contribution in [-0.4, -0.2) is 40.3 Å². The maximum Gasteiger partial charge on any atom is 0.315 e. The van der Waals surface area contributed by atoms with Gasteiger partial charge in [-0.05, 0) is 25.5 Å². The van der Waals surface area contributed by atoms with E-state index in [2.05, 4.69) is 27.0 Å². The summed E-state index contributed by atoms with van der Waals surface area (Å²) in [6.45, 7) is 4.68. The Labute approximate surface area is 136 Å². The van der Waals surface area contributed by atoms with Gasteiger partial charge in [0.05, 0.1) is 0 Å². The van der Waals surface area contributed by atoms with Crippen LogP contribution in [0, 0.1) is 0 Å². The number of aryl methyl sites for hydroxylation is 1. The highest BCUT2D eigenvalue weighted by atomic mass is 32.2. The van der Waals surface area contributed by atoms with E-state index in [9.17, 15) is 4.79 Å². The van der Waals surface area contributed by atoms with Crippen LogP contribution in [0.3, 0.4) is 0 Å². The Morgan fingerprint density at radius 3 is 2.95 bits per heavy atom. The molecule has 0 saturated heterocycles. The summed E-state index contributed by atoms with van der Waals surface area (Å²) >= 11 is 1.84. The minimum absolute atomic E-state index is 0.0700. The first kappa shape index (κ1) is 17.1. The number of aromatic nitrogens is 2. The van der Waals surface area contributed by atoms with Gasteiger partial charge in [-0.1, -0.05) is 25.4 Å². The number of urea groups is 1. The number of amides is 2. The fourth-order valence-electron chi connectivity index (χ4n) is 2.64. The maximum atomic E-state index is 11.9. The third-order valence-corrected chi connectivity index (χ3v) is 5.09. The molecule has 2 rings (SSSR count). The van der Waals surface area contributed by atoms with Gasteiger partial charge in [0.1, 0.15) is 0 Å². The molecule has 1 saturated carbocycles. The van der Waals surface area contributed by atoms with E-state index in [0.717, 1.165) is 18.7 Å². The van der Waals surface area contributed by atoms with Crippen LogP contribution in [0.15, 0.2) is 4.52 Å². The van der Waals surface area contributed by atoms with Gasteiger partial charge >= 0.3 is 6.03 Å². The van der Waals surface area contributed by atoms with E-state index in [1.54, 1.807) is 0 Å². The second kappa shape index (κ2) is 8.41. The summed E-state index contributed by atoms with van der Waals surface area (Å²) in [5, 5.41) is 10.5. The van der Waals surface area contributed by atoms with E-state index in [1.807, 2.05) is 25.6 Å². The van der Waals surface area contributed by atoms with Crippen LogP contribution >= 0.6 is 11.8 Å². The number of hydrogen-bond donors (Lipinski definition) is 2. The average molecular weight is 326 g/mol. The monoisotopic (exact) mass is 326 g/mol. The fourth-order valence-corrected chi connectivity index (χ4v) is 3.57. The quantitative estimate of drug-likeness (QED) is 0.753. The zero-order valence-corrected chi connectivity index (χ0v) is 14.4. The lowest BCUT2D eigenvalue weighted by Crippen LogP contribution is -2.44. The number of carbonyl (C=O) groups is 1. The smallest absolute Gasteiger partial charge is 0.315 e. The number of nitrogens with one attached hydrogen (secondary N) is 2. The summed E-state index contributed by atoms with van der Waals surface area (Å²) in [5.74, 6) is 1.66. The van der Waals surface area contributed by atoms with Crippen molar-refractivity contribution in [3.05, 3.63) is 11.7 Å². The zero-order chi connectivity index (χ0) is 15.9. The van der Waals surface area contributed by atoms with Crippen molar-refractivity contribution in [1.29, 1.82) is 0 Å². The van der Waals surface area contributed by atoms with Crippen molar-refractivity contribution in [3.8, 4) is 0 Å². The first-order valence-corrected chi connectivity index (χ1v) is 9.28. The third-order valence-electron chi connectivity index (χ3n) is 3.92. The predicted octanol–water partition coefficient (Wildman–Crippen LogP) is 2.71. The molecule has 0 spiro atoms. The first-order valence-electron chi connectivity index (χ1n) is 7.99. The normalized spacial score (nSPS) is 21.3. The predicted molar refractivity (Wildman–Crippen MR) is 88.2 cm³/mol. The molecule has 0 unspecified atom stereocenters. The van der Waals surface area contributed by atoms with Crippen LogP contribution < -0.4 is 10.6 Å². The van der Waals surface area contributed by atoms with Crippen molar-refractivity contribution in [2.45, 2.75) is 63.2 Å². The Balaban J connectivity index is 1.62. The number of hydrogen-bond acceptors (Lipinski definition) is 5. The summed E-state index contributed by atoms with van der Waals surface area (Å²) in [6, 6.07) is 0.235. The molecule has 7 heteroatoms. The Kier molecular flexibility index (Phi) is 6.54. The topological polar surface area (TPSA) is 80.0 Å². The molecule has 1 heterocycles. The molecule has 1 aliphatic rings. The SMILES string of the molecule is CS[C@H]1CCC[C@H]1NC(=O)NCCCc1nc(C(C)C)no1. The molecule has 2 N–H and O–H groups in total. The molecule has 2 amide bonds. The van der Waals surface area contributed by atoms with Gasteiger partial charge in [-0.3, -0.25) is 0 Å². The Bertz CT molecular complexity index is 478. The second-order valence-corrected chi connectivity index (χ2v) is 7.09. The summed E-state index contributed by atoms with van der Waals surface area (Å²) in [6.07, 6.45) is 7.07. The molecule has 124 valence electrons. The van der Waals surface area contributed by atoms with E-state index in [1.165, 1.54) is 12.8 Å². The molecule has 1 aromatic rings. The largest absolute Gasteiger partial charge is 0.339 e. The average Bonchev–Trinajstić information content (AvgIpc) is 3.12. The molecular weight excluding hydrogens is 300 g/mol. The van der Waals surface area contributed by atoms with E-state index in [-0.39, 0.29) is 11.9 Å². The van der Waals surface area contributed by atoms with Gasteiger partial charge in [-0.25, -0.2) is 4.79 Å². The highest BCUT2D eigenvalue weighted by Crippen LogP contribution is 2.28. The van der Waals surface area contributed by atoms with Crippen molar-refractivity contribution in [3.63, 3.8) is 0 Å². The van der Waals surface area contributed by atoms with Crippen molar-refractivity contribution < 1.29 is 9.32 Å². The van der Waals surface area contributed by atoms with Crippen molar-refractivity contribution in [2.75, 3.05) is 12.8 Å². The Hall–Kier alpha value is -1.24. The summed E-state index contributed by atoms with van der Waals surface area (Å²) in [5.41, 5.74) is 0. The standard InChI is InChI=1S/C15H26N4O2S/c1-10(2)14-18-13(21-19-14)8-5-9-16-15(20)17-11-6-4-7-12(11)22-3/h10-12H,4-9H2,1-3H3,(H2,16,17,20)/t11-,12+/m1/s1. The van der Waals surface area contributed by atoms with Gasteiger partial charge in [-0.2, -0.15) is 16.7 Å². The molecular formula is C15H26N4O2S. The molecule has 2 atom stereocenters. The molecule has 0 aliphatic heterocycles. The first-order chi connectivity index (χ1) is 10.6. The van der Waals surface area contributed by atoms with Gasteiger partial charge in [0.25, 0.3) is 0 Å². The highest BCUT2D eigenvalue weighted by molar-refractivity contribution is 7.99. The summed E-state index contributed by atoms with van der Waals surface area (Å²) < 4.78 is 5.18. The molecule has 0 bridgehead atoms. The molecule has 1 fully saturated rings. The van der Waals surface area contributed by atoms with E-state index in [0.29, 0.717) is 30.1 Å². The van der Waals surface area contributed by atoms with Crippen molar-refractivity contribution >= 4 is 17.8 Å². The van der Waals surface area contributed by atoms with E-state index in [4.69, 9.17) is 4.52 Å². The number of carbonyl (C=O) groups excluding carboxylic acids is 1. The number of rotatable bonds is 7. The highest BCUT2D eigenvalue weighted by Gasteiger charge is 2.27. The third kappa shape index (κ3) is 4.90. The van der Waals surface area contributed by atoms with Crippen LogP contribution in [0.2, 0.25) is 0 Å². The van der Waals surface area contributed by atoms with Gasteiger partial charge in [0.2, 0.25) is 5.89 Å². The Morgan fingerprint density at radius 1 is 1.45 bits per heavy atom. The molecule has 22 heavy (non-hydrogen) atoms. The maximum absolute atomic E-state index is 11.9. The molecule has 6 nitrogen and oxygen atoms in total. The molecule has 1 aliphatic carbocycles. The zero-order valence-electron chi connectivity index (χ0n) is 13.6. The van der Waals surface area contributed by atoms with Gasteiger partial charge in [0.15, 0.2) is 5.82 Å². The fraction of sp³-hybridized carbons (Fsp3) is 0.800. The van der Waals surface area contributed by atoms with Crippen LogP contribution in [0.1, 0.15) is 57.2 Å².